The number of carbonyl (C=O) groups is 1. The molecule has 0 radical (unpaired) electrons. The zero-order valence-corrected chi connectivity index (χ0v) is 14.0. The Kier molecular flexibility index (Phi) is 4.89. The summed E-state index contributed by atoms with van der Waals surface area (Å²) in [7, 11) is 1.58. The SMILES string of the molecule is COc1cccc(NC(=O)c2cnc(Nc3cccc(C)c3)cn2)c1. The number of nitrogens with zero attached hydrogens (tertiary/aromatic N) is 2. The van der Waals surface area contributed by atoms with Gasteiger partial charge in [-0.2, -0.15) is 0 Å². The molecule has 1 amide bonds. The Morgan fingerprint density at radius 1 is 1.00 bits per heavy atom. The van der Waals surface area contributed by atoms with Crippen LogP contribution in [0.25, 0.3) is 0 Å². The van der Waals surface area contributed by atoms with Crippen molar-refractivity contribution in [2.45, 2.75) is 6.92 Å². The molecule has 3 aromatic rings. The predicted octanol–water partition coefficient (Wildman–Crippen LogP) is 3.79. The van der Waals surface area contributed by atoms with E-state index < -0.39 is 0 Å². The zero-order valence-electron chi connectivity index (χ0n) is 14.0. The van der Waals surface area contributed by atoms with Crippen LogP contribution in [-0.2, 0) is 0 Å². The van der Waals surface area contributed by atoms with E-state index in [2.05, 4.69) is 20.6 Å². The molecule has 0 saturated carbocycles. The number of hydrogen-bond donors (Lipinski definition) is 2. The van der Waals surface area contributed by atoms with E-state index in [4.69, 9.17) is 4.74 Å². The first-order chi connectivity index (χ1) is 12.1. The van der Waals surface area contributed by atoms with Gasteiger partial charge in [-0.1, -0.05) is 18.2 Å². The molecule has 0 atom stereocenters. The van der Waals surface area contributed by atoms with Crippen molar-refractivity contribution >= 4 is 23.1 Å². The Hall–Kier alpha value is -3.41. The molecule has 25 heavy (non-hydrogen) atoms. The second-order valence-corrected chi connectivity index (χ2v) is 5.47. The Morgan fingerprint density at radius 2 is 1.80 bits per heavy atom. The molecule has 1 heterocycles. The minimum Gasteiger partial charge on any atom is -0.497 e. The van der Waals surface area contributed by atoms with Crippen LogP contribution in [0.2, 0.25) is 0 Å². The zero-order chi connectivity index (χ0) is 17.6. The number of amides is 1. The number of benzene rings is 2. The number of aryl methyl sites for hydroxylation is 1. The smallest absolute Gasteiger partial charge is 0.275 e. The van der Waals surface area contributed by atoms with Gasteiger partial charge in [0.1, 0.15) is 17.3 Å². The summed E-state index contributed by atoms with van der Waals surface area (Å²) in [6, 6.07) is 15.0. The predicted molar refractivity (Wildman–Crippen MR) is 97.4 cm³/mol. The van der Waals surface area contributed by atoms with E-state index in [0.29, 0.717) is 17.3 Å². The minimum atomic E-state index is -0.331. The number of aromatic nitrogens is 2. The maximum atomic E-state index is 12.3. The van der Waals surface area contributed by atoms with Crippen molar-refractivity contribution in [3.63, 3.8) is 0 Å². The fourth-order valence-corrected chi connectivity index (χ4v) is 2.28. The highest BCUT2D eigenvalue weighted by atomic mass is 16.5. The number of ether oxygens (including phenoxy) is 1. The van der Waals surface area contributed by atoms with Crippen LogP contribution in [0, 0.1) is 6.92 Å². The van der Waals surface area contributed by atoms with Gasteiger partial charge in [-0.25, -0.2) is 9.97 Å². The molecule has 0 aliphatic rings. The van der Waals surface area contributed by atoms with Crippen molar-refractivity contribution in [1.29, 1.82) is 0 Å². The van der Waals surface area contributed by atoms with Gasteiger partial charge in [0.25, 0.3) is 5.91 Å². The normalized spacial score (nSPS) is 10.2. The molecular weight excluding hydrogens is 316 g/mol. The maximum absolute atomic E-state index is 12.3. The Bertz CT molecular complexity index is 879. The van der Waals surface area contributed by atoms with E-state index in [-0.39, 0.29) is 11.6 Å². The van der Waals surface area contributed by atoms with Crippen LogP contribution in [0.3, 0.4) is 0 Å². The van der Waals surface area contributed by atoms with Gasteiger partial charge in [0.15, 0.2) is 0 Å². The van der Waals surface area contributed by atoms with Gasteiger partial charge in [0.2, 0.25) is 0 Å². The van der Waals surface area contributed by atoms with Crippen LogP contribution in [0.1, 0.15) is 16.1 Å². The van der Waals surface area contributed by atoms with Crippen molar-refractivity contribution < 1.29 is 9.53 Å². The van der Waals surface area contributed by atoms with Gasteiger partial charge in [-0.3, -0.25) is 4.79 Å². The van der Waals surface area contributed by atoms with Crippen molar-refractivity contribution in [2.24, 2.45) is 0 Å². The second kappa shape index (κ2) is 7.44. The van der Waals surface area contributed by atoms with Gasteiger partial charge < -0.3 is 15.4 Å². The average molecular weight is 334 g/mol. The lowest BCUT2D eigenvalue weighted by molar-refractivity contribution is 0.102. The van der Waals surface area contributed by atoms with Gasteiger partial charge >= 0.3 is 0 Å². The molecule has 6 nitrogen and oxygen atoms in total. The number of carbonyl (C=O) groups excluding carboxylic acids is 1. The number of rotatable bonds is 5. The number of methoxy groups -OCH3 is 1. The summed E-state index contributed by atoms with van der Waals surface area (Å²) in [6.07, 6.45) is 2.97. The standard InChI is InChI=1S/C19H18N4O2/c1-13-5-3-6-14(9-13)22-18-12-20-17(11-21-18)19(24)23-15-7-4-8-16(10-15)25-2/h3-12H,1-2H3,(H,21,22)(H,23,24). The third-order valence-electron chi connectivity index (χ3n) is 3.50. The molecule has 0 fully saturated rings. The summed E-state index contributed by atoms with van der Waals surface area (Å²) in [4.78, 5) is 20.7. The Balaban J connectivity index is 1.67. The van der Waals surface area contributed by atoms with Crippen LogP contribution in [-0.4, -0.2) is 23.0 Å². The lowest BCUT2D eigenvalue weighted by atomic mass is 10.2. The fraction of sp³-hybridized carbons (Fsp3) is 0.105. The molecule has 3 rings (SSSR count). The fourth-order valence-electron chi connectivity index (χ4n) is 2.28. The molecule has 1 aromatic heterocycles. The number of nitrogens with one attached hydrogen (secondary N) is 2. The monoisotopic (exact) mass is 334 g/mol. The quantitative estimate of drug-likeness (QED) is 0.742. The van der Waals surface area contributed by atoms with Crippen molar-refractivity contribution in [3.8, 4) is 5.75 Å². The molecule has 2 N–H and O–H groups in total. The van der Waals surface area contributed by atoms with Crippen LogP contribution in [0.4, 0.5) is 17.2 Å². The highest BCUT2D eigenvalue weighted by Crippen LogP contribution is 2.18. The molecule has 2 aromatic carbocycles. The molecule has 0 aliphatic carbocycles. The lowest BCUT2D eigenvalue weighted by Crippen LogP contribution is -2.14. The van der Waals surface area contributed by atoms with E-state index in [9.17, 15) is 4.79 Å². The second-order valence-electron chi connectivity index (χ2n) is 5.47. The molecule has 6 heteroatoms. The third kappa shape index (κ3) is 4.32. The topological polar surface area (TPSA) is 76.1 Å². The van der Waals surface area contributed by atoms with Gasteiger partial charge in [-0.15, -0.1) is 0 Å². The summed E-state index contributed by atoms with van der Waals surface area (Å²) in [5.41, 5.74) is 2.93. The summed E-state index contributed by atoms with van der Waals surface area (Å²) in [6.45, 7) is 2.02. The summed E-state index contributed by atoms with van der Waals surface area (Å²) in [5, 5.41) is 5.92. The van der Waals surface area contributed by atoms with Crippen molar-refractivity contribution in [3.05, 3.63) is 72.2 Å². The summed E-state index contributed by atoms with van der Waals surface area (Å²) < 4.78 is 5.14. The minimum absolute atomic E-state index is 0.234. The van der Waals surface area contributed by atoms with E-state index >= 15 is 0 Å². The molecule has 0 unspecified atom stereocenters. The maximum Gasteiger partial charge on any atom is 0.275 e. The summed E-state index contributed by atoms with van der Waals surface area (Å²) >= 11 is 0. The highest BCUT2D eigenvalue weighted by molar-refractivity contribution is 6.02. The third-order valence-corrected chi connectivity index (χ3v) is 3.50. The average Bonchev–Trinajstić information content (AvgIpc) is 2.62. The van der Waals surface area contributed by atoms with Gasteiger partial charge in [0.05, 0.1) is 19.5 Å². The molecular formula is C19H18N4O2. The molecule has 0 aliphatic heterocycles. The van der Waals surface area contributed by atoms with Gasteiger partial charge in [-0.05, 0) is 36.8 Å². The van der Waals surface area contributed by atoms with Crippen LogP contribution < -0.4 is 15.4 Å². The van der Waals surface area contributed by atoms with Crippen molar-refractivity contribution in [1.82, 2.24) is 9.97 Å². The molecule has 0 spiro atoms. The van der Waals surface area contributed by atoms with E-state index in [1.54, 1.807) is 31.4 Å². The first-order valence-corrected chi connectivity index (χ1v) is 7.75. The lowest BCUT2D eigenvalue weighted by Gasteiger charge is -2.08. The molecule has 0 saturated heterocycles. The van der Waals surface area contributed by atoms with E-state index in [1.165, 1.54) is 12.4 Å². The largest absolute Gasteiger partial charge is 0.497 e. The Labute approximate surface area is 145 Å². The van der Waals surface area contributed by atoms with Crippen LogP contribution in [0.15, 0.2) is 60.9 Å². The Morgan fingerprint density at radius 3 is 2.52 bits per heavy atom. The van der Waals surface area contributed by atoms with E-state index in [0.717, 1.165) is 11.3 Å². The van der Waals surface area contributed by atoms with Gasteiger partial charge in [0, 0.05) is 17.4 Å². The summed E-state index contributed by atoms with van der Waals surface area (Å²) in [5.74, 6) is 0.910. The number of hydrogen-bond acceptors (Lipinski definition) is 5. The molecule has 126 valence electrons. The van der Waals surface area contributed by atoms with Crippen LogP contribution in [0.5, 0.6) is 5.75 Å². The highest BCUT2D eigenvalue weighted by Gasteiger charge is 2.09. The first-order valence-electron chi connectivity index (χ1n) is 7.75. The van der Waals surface area contributed by atoms with Crippen LogP contribution >= 0.6 is 0 Å². The first kappa shape index (κ1) is 16.4. The van der Waals surface area contributed by atoms with E-state index in [1.807, 2.05) is 31.2 Å². The number of anilines is 3. The van der Waals surface area contributed by atoms with Crippen molar-refractivity contribution in [2.75, 3.05) is 17.7 Å². The molecule has 0 bridgehead atoms.